The Balaban J connectivity index is 1.63. The highest BCUT2D eigenvalue weighted by molar-refractivity contribution is 5.90. The smallest absolute Gasteiger partial charge is 0.410 e. The molecular formula is C24H28N2O5. The third kappa shape index (κ3) is 5.84. The molecule has 0 bridgehead atoms. The Labute approximate surface area is 182 Å². The first-order valence-electron chi connectivity index (χ1n) is 10.4. The first-order chi connectivity index (χ1) is 15.0. The van der Waals surface area contributed by atoms with E-state index in [4.69, 9.17) is 9.47 Å². The van der Waals surface area contributed by atoms with Gasteiger partial charge in [0, 0.05) is 13.0 Å². The number of carbonyl (C=O) groups is 3. The molecule has 0 unspecified atom stereocenters. The summed E-state index contributed by atoms with van der Waals surface area (Å²) < 4.78 is 10.3. The van der Waals surface area contributed by atoms with Crippen LogP contribution in [-0.4, -0.2) is 48.6 Å². The topological polar surface area (TPSA) is 84.9 Å². The molecule has 2 amide bonds. The number of aryl methyl sites for hydroxylation is 1. The summed E-state index contributed by atoms with van der Waals surface area (Å²) >= 11 is 0. The number of likely N-dealkylation sites (tertiary alicyclic amines) is 1. The number of carbonyl (C=O) groups excluding carboxylic acids is 3. The lowest BCUT2D eigenvalue weighted by Crippen LogP contribution is -2.51. The third-order valence-corrected chi connectivity index (χ3v) is 5.48. The third-order valence-electron chi connectivity index (χ3n) is 5.48. The molecule has 0 aliphatic carbocycles. The molecule has 1 heterocycles. The molecule has 0 saturated carbocycles. The molecule has 31 heavy (non-hydrogen) atoms. The van der Waals surface area contributed by atoms with Crippen LogP contribution in [0, 0.1) is 6.92 Å². The van der Waals surface area contributed by atoms with Crippen molar-refractivity contribution in [2.75, 3.05) is 13.7 Å². The number of nitrogens with zero attached hydrogens (tertiary/aromatic N) is 1. The van der Waals surface area contributed by atoms with Gasteiger partial charge in [-0.05, 0) is 36.5 Å². The fourth-order valence-corrected chi connectivity index (χ4v) is 3.72. The highest BCUT2D eigenvalue weighted by atomic mass is 16.6. The van der Waals surface area contributed by atoms with Crippen molar-refractivity contribution in [2.45, 2.75) is 44.9 Å². The fraction of sp³-hybridized carbons (Fsp3) is 0.375. The van der Waals surface area contributed by atoms with Crippen LogP contribution >= 0.6 is 0 Å². The summed E-state index contributed by atoms with van der Waals surface area (Å²) in [7, 11) is 1.29. The van der Waals surface area contributed by atoms with Crippen LogP contribution in [0.15, 0.2) is 54.6 Å². The van der Waals surface area contributed by atoms with Crippen molar-refractivity contribution in [3.05, 3.63) is 71.3 Å². The maximum Gasteiger partial charge on any atom is 0.410 e. The van der Waals surface area contributed by atoms with Crippen LogP contribution in [-0.2, 0) is 32.1 Å². The summed E-state index contributed by atoms with van der Waals surface area (Å²) in [6.07, 6.45) is 0.995. The molecular weight excluding hydrogens is 396 g/mol. The van der Waals surface area contributed by atoms with Crippen LogP contribution in [0.5, 0.6) is 0 Å². The van der Waals surface area contributed by atoms with Gasteiger partial charge < -0.3 is 14.8 Å². The number of hydrogen-bond donors (Lipinski definition) is 1. The Hall–Kier alpha value is -3.35. The van der Waals surface area contributed by atoms with E-state index in [2.05, 4.69) is 5.32 Å². The highest BCUT2D eigenvalue weighted by Gasteiger charge is 2.37. The van der Waals surface area contributed by atoms with Crippen LogP contribution in [0.2, 0.25) is 0 Å². The summed E-state index contributed by atoms with van der Waals surface area (Å²) in [4.78, 5) is 39.3. The van der Waals surface area contributed by atoms with E-state index in [0.29, 0.717) is 25.8 Å². The molecule has 1 N–H and O–H groups in total. The van der Waals surface area contributed by atoms with Crippen molar-refractivity contribution < 1.29 is 23.9 Å². The monoisotopic (exact) mass is 424 g/mol. The van der Waals surface area contributed by atoms with E-state index < -0.39 is 24.1 Å². The van der Waals surface area contributed by atoms with Crippen LogP contribution in [0.3, 0.4) is 0 Å². The number of hydrogen-bond acceptors (Lipinski definition) is 5. The maximum absolute atomic E-state index is 13.0. The van der Waals surface area contributed by atoms with Gasteiger partial charge in [0.05, 0.1) is 7.11 Å². The van der Waals surface area contributed by atoms with Gasteiger partial charge in [-0.15, -0.1) is 0 Å². The average molecular weight is 424 g/mol. The summed E-state index contributed by atoms with van der Waals surface area (Å²) in [5.74, 6) is -0.897. The van der Waals surface area contributed by atoms with E-state index in [1.807, 2.05) is 61.5 Å². The van der Waals surface area contributed by atoms with E-state index >= 15 is 0 Å². The van der Waals surface area contributed by atoms with Crippen molar-refractivity contribution in [1.29, 1.82) is 0 Å². The second kappa shape index (κ2) is 10.6. The number of amides is 2. The molecule has 0 spiro atoms. The molecule has 2 aromatic rings. The van der Waals surface area contributed by atoms with Gasteiger partial charge in [-0.2, -0.15) is 0 Å². The van der Waals surface area contributed by atoms with E-state index in [1.165, 1.54) is 12.0 Å². The molecule has 3 rings (SSSR count). The first-order valence-corrected chi connectivity index (χ1v) is 10.4. The normalized spacial score (nSPS) is 16.5. The number of rotatable bonds is 7. The van der Waals surface area contributed by atoms with Crippen LogP contribution in [0.1, 0.15) is 29.5 Å². The molecule has 1 fully saturated rings. The van der Waals surface area contributed by atoms with Gasteiger partial charge in [0.1, 0.15) is 18.7 Å². The van der Waals surface area contributed by atoms with Crippen molar-refractivity contribution in [3.8, 4) is 0 Å². The first kappa shape index (κ1) is 22.3. The minimum absolute atomic E-state index is 0.141. The second-order valence-corrected chi connectivity index (χ2v) is 7.61. The Morgan fingerprint density at radius 1 is 1.10 bits per heavy atom. The Morgan fingerprint density at radius 2 is 1.81 bits per heavy atom. The minimum Gasteiger partial charge on any atom is -0.467 e. The quantitative estimate of drug-likeness (QED) is 0.691. The number of nitrogens with one attached hydrogen (secondary N) is 1. The lowest BCUT2D eigenvalue weighted by Gasteiger charge is -2.25. The zero-order valence-electron chi connectivity index (χ0n) is 17.9. The summed E-state index contributed by atoms with van der Waals surface area (Å²) in [6, 6.07) is 15.5. The minimum atomic E-state index is -0.832. The van der Waals surface area contributed by atoms with Crippen LogP contribution in [0.25, 0.3) is 0 Å². The zero-order valence-corrected chi connectivity index (χ0v) is 17.9. The predicted octanol–water partition coefficient (Wildman–Crippen LogP) is 3.00. The van der Waals surface area contributed by atoms with Crippen LogP contribution < -0.4 is 5.32 Å². The van der Waals surface area contributed by atoms with Crippen LogP contribution in [0.4, 0.5) is 4.79 Å². The number of benzene rings is 2. The maximum atomic E-state index is 13.0. The lowest BCUT2D eigenvalue weighted by molar-refractivity contribution is -0.145. The van der Waals surface area contributed by atoms with Gasteiger partial charge in [0.25, 0.3) is 0 Å². The molecule has 2 atom stereocenters. The molecule has 1 aliphatic heterocycles. The highest BCUT2D eigenvalue weighted by Crippen LogP contribution is 2.20. The molecule has 0 radical (unpaired) electrons. The molecule has 2 aromatic carbocycles. The van der Waals surface area contributed by atoms with Gasteiger partial charge in [-0.3, -0.25) is 9.69 Å². The van der Waals surface area contributed by atoms with Crippen molar-refractivity contribution >= 4 is 18.0 Å². The second-order valence-electron chi connectivity index (χ2n) is 7.61. The van der Waals surface area contributed by atoms with E-state index in [0.717, 1.165) is 16.7 Å². The summed E-state index contributed by atoms with van der Waals surface area (Å²) in [6.45, 7) is 2.53. The number of ether oxygens (including phenoxy) is 2. The lowest BCUT2D eigenvalue weighted by atomic mass is 10.0. The summed E-state index contributed by atoms with van der Waals surface area (Å²) in [5, 5.41) is 2.78. The number of methoxy groups -OCH3 is 1. The molecule has 0 aromatic heterocycles. The van der Waals surface area contributed by atoms with Gasteiger partial charge in [-0.25, -0.2) is 9.59 Å². The van der Waals surface area contributed by atoms with E-state index in [9.17, 15) is 14.4 Å². The van der Waals surface area contributed by atoms with Gasteiger partial charge in [0.2, 0.25) is 5.91 Å². The summed E-state index contributed by atoms with van der Waals surface area (Å²) in [5.41, 5.74) is 2.85. The van der Waals surface area contributed by atoms with Crippen molar-refractivity contribution in [3.63, 3.8) is 0 Å². The largest absolute Gasteiger partial charge is 0.467 e. The standard InChI is InChI=1S/C24H28N2O5/c1-17-9-6-7-12-19(17)15-20(23(28)30-2)25-22(27)21-13-8-14-26(21)24(29)31-16-18-10-4-3-5-11-18/h3-7,9-12,20-21H,8,13-16H2,1-2H3,(H,25,27)/t20-,21+/m0/s1. The predicted molar refractivity (Wildman–Crippen MR) is 115 cm³/mol. The van der Waals surface area contributed by atoms with Crippen molar-refractivity contribution in [1.82, 2.24) is 10.2 Å². The molecule has 1 aliphatic rings. The molecule has 7 heteroatoms. The Morgan fingerprint density at radius 3 is 2.52 bits per heavy atom. The number of esters is 1. The molecule has 1 saturated heterocycles. The van der Waals surface area contributed by atoms with Gasteiger partial charge in [0.15, 0.2) is 0 Å². The van der Waals surface area contributed by atoms with Crippen molar-refractivity contribution in [2.24, 2.45) is 0 Å². The average Bonchev–Trinajstić information content (AvgIpc) is 3.29. The SMILES string of the molecule is COC(=O)[C@H](Cc1ccccc1C)NC(=O)[C@H]1CCCN1C(=O)OCc1ccccc1. The Bertz CT molecular complexity index is 915. The van der Waals surface area contributed by atoms with Gasteiger partial charge in [-0.1, -0.05) is 54.6 Å². The molecule has 7 nitrogen and oxygen atoms in total. The van der Waals surface area contributed by atoms with E-state index in [-0.39, 0.29) is 12.5 Å². The Kier molecular flexibility index (Phi) is 7.65. The molecule has 164 valence electrons. The van der Waals surface area contributed by atoms with Gasteiger partial charge >= 0.3 is 12.1 Å². The fourth-order valence-electron chi connectivity index (χ4n) is 3.72. The van der Waals surface area contributed by atoms with E-state index in [1.54, 1.807) is 0 Å². The zero-order chi connectivity index (χ0) is 22.2.